The van der Waals surface area contributed by atoms with Gasteiger partial charge in [-0.3, -0.25) is 9.59 Å². The van der Waals surface area contributed by atoms with Gasteiger partial charge in [0.2, 0.25) is 0 Å². The molecule has 0 bridgehead atoms. The zero-order valence-corrected chi connectivity index (χ0v) is 17.8. The second-order valence-electron chi connectivity index (χ2n) is 5.60. The molecule has 0 aliphatic rings. The maximum atomic E-state index is 10.5. The fourth-order valence-corrected chi connectivity index (χ4v) is 4.31. The number of carbonyl (C=O) groups is 2. The van der Waals surface area contributed by atoms with Crippen molar-refractivity contribution in [3.8, 4) is 0 Å². The Hall–Kier alpha value is -0.357. The third kappa shape index (κ3) is 21.6. The van der Waals surface area contributed by atoms with Gasteiger partial charge >= 0.3 is 97.3 Å². The van der Waals surface area contributed by atoms with Gasteiger partial charge in [0.05, 0.1) is 0 Å². The molecule has 23 heavy (non-hydrogen) atoms. The molecule has 0 aromatic heterocycles. The number of ether oxygens (including phenoxy) is 1. The van der Waals surface area contributed by atoms with Gasteiger partial charge in [-0.15, -0.1) is 0 Å². The van der Waals surface area contributed by atoms with Crippen molar-refractivity contribution in [1.29, 1.82) is 0 Å². The topological polar surface area (TPSA) is 71.1 Å². The predicted octanol–water partition coefficient (Wildman–Crippen LogP) is 3.32. The Morgan fingerprint density at radius 2 is 1.35 bits per heavy atom. The minimum atomic E-state index is -2.48. The van der Waals surface area contributed by atoms with Crippen LogP contribution in [-0.2, 0) is 45.8 Å². The van der Waals surface area contributed by atoms with Gasteiger partial charge in [0.1, 0.15) is 18.8 Å². The van der Waals surface area contributed by atoms with Crippen molar-refractivity contribution < 1.29 is 45.8 Å². The molecule has 0 radical (unpaired) electrons. The van der Waals surface area contributed by atoms with E-state index < -0.39 is 29.0 Å². The molecule has 0 saturated carbocycles. The first-order valence-electron chi connectivity index (χ1n) is 7.71. The van der Waals surface area contributed by atoms with E-state index in [1.54, 1.807) is 0 Å². The Bertz CT molecular complexity index is 318. The summed E-state index contributed by atoms with van der Waals surface area (Å²) in [5.74, 6) is -0.679. The summed E-state index contributed by atoms with van der Waals surface area (Å²) in [6.45, 7) is 16.9. The Balaban J connectivity index is 0. The molecule has 0 atom stereocenters. The average molecular weight is 411 g/mol. The van der Waals surface area contributed by atoms with Crippen molar-refractivity contribution in [3.05, 3.63) is 12.7 Å². The maximum absolute atomic E-state index is 10.5. The molecule has 0 aromatic rings. The first-order valence-corrected chi connectivity index (χ1v) is 10.7. The van der Waals surface area contributed by atoms with E-state index in [1.165, 1.54) is 13.0 Å². The molecular weight excluding hydrogens is 379 g/mol. The molecule has 6 nitrogen and oxygen atoms in total. The van der Waals surface area contributed by atoms with Crippen molar-refractivity contribution in [2.45, 2.75) is 73.2 Å². The Morgan fingerprint density at radius 3 is 1.61 bits per heavy atom. The third-order valence-corrected chi connectivity index (χ3v) is 6.65. The van der Waals surface area contributed by atoms with Gasteiger partial charge in [-0.05, 0) is 6.92 Å². The molecule has 0 N–H and O–H groups in total. The molecule has 0 aliphatic heterocycles. The molecule has 0 rings (SSSR count). The third-order valence-electron chi connectivity index (χ3n) is 1.75. The van der Waals surface area contributed by atoms with Gasteiger partial charge in [-0.25, -0.2) is 0 Å². The average Bonchev–Trinajstić information content (AvgIpc) is 2.33. The standard InChI is InChI=1S/C7H10O3.3C3H7O.Zr/c1-3-4-10-7(9)5-6(2)8;3*1-3(2)4;/h3H,1,4-5H2,2H3;3*3H,1-2H3;/q;3*-1;+3. The molecular formula is C16H31O6Zr. The molecule has 0 saturated heterocycles. The van der Waals surface area contributed by atoms with Crippen molar-refractivity contribution >= 4 is 11.8 Å². The van der Waals surface area contributed by atoms with Crippen molar-refractivity contribution in [1.82, 2.24) is 0 Å². The summed E-state index contributed by atoms with van der Waals surface area (Å²) in [7, 11) is 0. The summed E-state index contributed by atoms with van der Waals surface area (Å²) < 4.78 is 21.4. The first kappa shape index (κ1) is 24.9. The summed E-state index contributed by atoms with van der Waals surface area (Å²) in [4.78, 5) is 20.8. The van der Waals surface area contributed by atoms with Crippen LogP contribution in [0.2, 0.25) is 0 Å². The summed E-state index contributed by atoms with van der Waals surface area (Å²) in [5, 5.41) is 0. The minimum absolute atomic E-state index is 0.145. The second kappa shape index (κ2) is 15.2. The molecule has 0 aliphatic carbocycles. The molecule has 0 spiro atoms. The van der Waals surface area contributed by atoms with E-state index in [1.807, 2.05) is 41.5 Å². The number of Topliss-reactive ketones (excluding diaryl/α,β-unsaturated/α-hetero) is 1. The van der Waals surface area contributed by atoms with Crippen LogP contribution in [0.3, 0.4) is 0 Å². The Morgan fingerprint density at radius 1 is 0.957 bits per heavy atom. The predicted molar refractivity (Wildman–Crippen MR) is 85.1 cm³/mol. The summed E-state index contributed by atoms with van der Waals surface area (Å²) in [5.41, 5.74) is 0. The van der Waals surface area contributed by atoms with Gasteiger partial charge in [-0.2, -0.15) is 0 Å². The number of hydrogen-bond acceptors (Lipinski definition) is 6. The van der Waals surface area contributed by atoms with Crippen LogP contribution in [0.15, 0.2) is 12.7 Å². The number of carbonyl (C=O) groups excluding carboxylic acids is 2. The van der Waals surface area contributed by atoms with Crippen LogP contribution in [0.1, 0.15) is 54.9 Å². The van der Waals surface area contributed by atoms with Gasteiger partial charge < -0.3 is 4.74 Å². The van der Waals surface area contributed by atoms with Crippen molar-refractivity contribution in [2.24, 2.45) is 0 Å². The molecule has 0 heterocycles. The van der Waals surface area contributed by atoms with E-state index in [4.69, 9.17) is 8.44 Å². The van der Waals surface area contributed by atoms with Crippen LogP contribution < -0.4 is 0 Å². The van der Waals surface area contributed by atoms with E-state index in [-0.39, 0.29) is 37.1 Å². The van der Waals surface area contributed by atoms with Crippen LogP contribution in [0.5, 0.6) is 0 Å². The molecule has 0 fully saturated rings. The van der Waals surface area contributed by atoms with Gasteiger partial charge in [-0.1, -0.05) is 12.7 Å². The number of esters is 1. The van der Waals surface area contributed by atoms with E-state index in [2.05, 4.69) is 11.3 Å². The second-order valence-corrected chi connectivity index (χ2v) is 8.57. The van der Waals surface area contributed by atoms with E-state index in [0.717, 1.165) is 0 Å². The number of rotatable bonds is 10. The molecule has 0 amide bonds. The van der Waals surface area contributed by atoms with Gasteiger partial charge in [0.15, 0.2) is 0 Å². The van der Waals surface area contributed by atoms with Crippen LogP contribution in [0.25, 0.3) is 0 Å². The number of ketones is 1. The van der Waals surface area contributed by atoms with Gasteiger partial charge in [0, 0.05) is 0 Å². The zero-order chi connectivity index (χ0) is 18.4. The monoisotopic (exact) mass is 409 g/mol. The zero-order valence-electron chi connectivity index (χ0n) is 15.4. The van der Waals surface area contributed by atoms with Crippen molar-refractivity contribution in [2.75, 3.05) is 6.61 Å². The van der Waals surface area contributed by atoms with Crippen LogP contribution >= 0.6 is 0 Å². The first-order chi connectivity index (χ1) is 10.6. The normalized spacial score (nSPS) is 10.3. The summed E-state index contributed by atoms with van der Waals surface area (Å²) in [6.07, 6.45) is 1.91. The van der Waals surface area contributed by atoms with Crippen LogP contribution in [-0.4, -0.2) is 36.7 Å². The Kier molecular flexibility index (Phi) is 16.4. The Labute approximate surface area is 150 Å². The van der Waals surface area contributed by atoms with Gasteiger partial charge in [0.25, 0.3) is 0 Å². The SMILES string of the molecule is C=CCOC(=O)CC(C)=O.CC(C)[O][Zr]([O]C(C)C)[O]C(C)C. The summed E-state index contributed by atoms with van der Waals surface area (Å²) in [6, 6.07) is 0. The molecule has 0 aromatic carbocycles. The van der Waals surface area contributed by atoms with Crippen LogP contribution in [0.4, 0.5) is 0 Å². The fourth-order valence-electron chi connectivity index (χ4n) is 1.07. The molecule has 7 heteroatoms. The fraction of sp³-hybridized carbons (Fsp3) is 0.750. The van der Waals surface area contributed by atoms with E-state index in [0.29, 0.717) is 0 Å². The molecule has 135 valence electrons. The van der Waals surface area contributed by atoms with Crippen molar-refractivity contribution in [3.63, 3.8) is 0 Å². The molecule has 0 unspecified atom stereocenters. The summed E-state index contributed by atoms with van der Waals surface area (Å²) >= 11 is -2.48. The van der Waals surface area contributed by atoms with E-state index >= 15 is 0 Å². The number of hydrogen-bond donors (Lipinski definition) is 0. The van der Waals surface area contributed by atoms with Crippen LogP contribution in [0, 0.1) is 0 Å². The van der Waals surface area contributed by atoms with E-state index in [9.17, 15) is 9.59 Å². The quantitative estimate of drug-likeness (QED) is 0.313.